The molecular weight excluding hydrogens is 397 g/mol. The molecule has 0 spiro atoms. The molecule has 8 heteroatoms. The van der Waals surface area contributed by atoms with Gasteiger partial charge in [-0.3, -0.25) is 9.59 Å². The summed E-state index contributed by atoms with van der Waals surface area (Å²) in [6.45, 7) is 0.337. The minimum atomic E-state index is -4.43. The Morgan fingerprint density at radius 1 is 1.00 bits per heavy atom. The highest BCUT2D eigenvalue weighted by Crippen LogP contribution is 2.29. The molecule has 0 unspecified atom stereocenters. The second-order valence-electron chi connectivity index (χ2n) is 7.25. The van der Waals surface area contributed by atoms with Gasteiger partial charge in [0.15, 0.2) is 6.61 Å². The Morgan fingerprint density at radius 3 is 2.40 bits per heavy atom. The fourth-order valence-corrected chi connectivity index (χ4v) is 2.85. The van der Waals surface area contributed by atoms with Crippen LogP contribution in [0.15, 0.2) is 48.5 Å². The molecular formula is C22H23F3N2O3. The first kappa shape index (κ1) is 21.7. The van der Waals surface area contributed by atoms with E-state index in [4.69, 9.17) is 4.74 Å². The average Bonchev–Trinajstić information content (AvgIpc) is 3.51. The van der Waals surface area contributed by atoms with Crippen molar-refractivity contribution < 1.29 is 27.5 Å². The first-order valence-electron chi connectivity index (χ1n) is 9.73. The van der Waals surface area contributed by atoms with Crippen molar-refractivity contribution in [2.75, 3.05) is 13.2 Å². The quantitative estimate of drug-likeness (QED) is 0.655. The zero-order chi connectivity index (χ0) is 21.6. The van der Waals surface area contributed by atoms with E-state index >= 15 is 0 Å². The number of hydrogen-bond acceptors (Lipinski definition) is 3. The van der Waals surface area contributed by atoms with Crippen molar-refractivity contribution in [3.05, 3.63) is 65.2 Å². The van der Waals surface area contributed by atoms with Gasteiger partial charge in [-0.1, -0.05) is 30.3 Å². The fourth-order valence-electron chi connectivity index (χ4n) is 2.85. The number of ether oxygens (including phenoxy) is 1. The summed E-state index contributed by atoms with van der Waals surface area (Å²) >= 11 is 0. The Labute approximate surface area is 172 Å². The highest BCUT2D eigenvalue weighted by atomic mass is 19.4. The number of amides is 2. The van der Waals surface area contributed by atoms with Crippen molar-refractivity contribution in [3.63, 3.8) is 0 Å². The third-order valence-electron chi connectivity index (χ3n) is 4.59. The molecule has 0 saturated heterocycles. The molecule has 30 heavy (non-hydrogen) atoms. The molecule has 2 amide bonds. The lowest BCUT2D eigenvalue weighted by Crippen LogP contribution is -2.30. The number of carbonyl (C=O) groups excluding carboxylic acids is 2. The number of carbonyl (C=O) groups is 2. The second-order valence-corrected chi connectivity index (χ2v) is 7.25. The van der Waals surface area contributed by atoms with Crippen molar-refractivity contribution >= 4 is 11.8 Å². The summed E-state index contributed by atoms with van der Waals surface area (Å²) in [6.07, 6.45) is -1.92. The van der Waals surface area contributed by atoms with Crippen LogP contribution in [0.25, 0.3) is 0 Å². The van der Waals surface area contributed by atoms with Crippen LogP contribution in [-0.2, 0) is 28.6 Å². The van der Waals surface area contributed by atoms with E-state index in [1.807, 2.05) is 12.1 Å². The lowest BCUT2D eigenvalue weighted by atomic mass is 10.1. The summed E-state index contributed by atoms with van der Waals surface area (Å²) in [6, 6.07) is 12.3. The number of benzene rings is 2. The van der Waals surface area contributed by atoms with Gasteiger partial charge in [0.1, 0.15) is 5.75 Å². The molecule has 1 fully saturated rings. The van der Waals surface area contributed by atoms with Crippen LogP contribution in [0.2, 0.25) is 0 Å². The van der Waals surface area contributed by atoms with Gasteiger partial charge < -0.3 is 15.4 Å². The van der Waals surface area contributed by atoms with E-state index < -0.39 is 11.7 Å². The Kier molecular flexibility index (Phi) is 6.97. The van der Waals surface area contributed by atoms with Gasteiger partial charge in [-0.05, 0) is 48.6 Å². The summed E-state index contributed by atoms with van der Waals surface area (Å²) in [4.78, 5) is 23.6. The van der Waals surface area contributed by atoms with Crippen LogP contribution in [-0.4, -0.2) is 31.0 Å². The molecule has 2 N–H and O–H groups in total. The summed E-state index contributed by atoms with van der Waals surface area (Å²) in [5.74, 6) is 0.110. The SMILES string of the molecule is O=C(Cc1cccc(C(F)(F)F)c1)NCCc1ccc(OCC(=O)NC2CC2)cc1. The third-order valence-corrected chi connectivity index (χ3v) is 4.59. The minimum Gasteiger partial charge on any atom is -0.484 e. The molecule has 3 rings (SSSR count). The molecule has 2 aromatic rings. The smallest absolute Gasteiger partial charge is 0.416 e. The molecule has 2 aromatic carbocycles. The largest absolute Gasteiger partial charge is 0.484 e. The summed E-state index contributed by atoms with van der Waals surface area (Å²) in [5.41, 5.74) is 0.513. The highest BCUT2D eigenvalue weighted by molar-refractivity contribution is 5.78. The topological polar surface area (TPSA) is 67.4 Å². The van der Waals surface area contributed by atoms with Crippen LogP contribution < -0.4 is 15.4 Å². The first-order valence-corrected chi connectivity index (χ1v) is 9.73. The Balaban J connectivity index is 1.38. The van der Waals surface area contributed by atoms with Crippen molar-refractivity contribution in [3.8, 4) is 5.75 Å². The van der Waals surface area contributed by atoms with Crippen LogP contribution >= 0.6 is 0 Å². The Hall–Kier alpha value is -3.03. The molecule has 0 bridgehead atoms. The van der Waals surface area contributed by atoms with Gasteiger partial charge in [0.2, 0.25) is 5.91 Å². The van der Waals surface area contributed by atoms with Crippen LogP contribution in [0.3, 0.4) is 0 Å². The molecule has 0 aromatic heterocycles. The number of rotatable bonds is 9. The maximum absolute atomic E-state index is 12.7. The Bertz CT molecular complexity index is 878. The number of alkyl halides is 3. The average molecular weight is 420 g/mol. The van der Waals surface area contributed by atoms with Gasteiger partial charge in [0.25, 0.3) is 5.91 Å². The van der Waals surface area contributed by atoms with Gasteiger partial charge in [-0.25, -0.2) is 0 Å². The van der Waals surface area contributed by atoms with E-state index in [-0.39, 0.29) is 24.8 Å². The zero-order valence-corrected chi connectivity index (χ0v) is 16.3. The van der Waals surface area contributed by atoms with E-state index in [9.17, 15) is 22.8 Å². The van der Waals surface area contributed by atoms with Crippen LogP contribution in [0.4, 0.5) is 13.2 Å². The van der Waals surface area contributed by atoms with Gasteiger partial charge in [-0.2, -0.15) is 13.2 Å². The molecule has 0 aliphatic heterocycles. The van der Waals surface area contributed by atoms with Crippen LogP contribution in [0, 0.1) is 0 Å². The van der Waals surface area contributed by atoms with Crippen molar-refractivity contribution in [2.24, 2.45) is 0 Å². The third kappa shape index (κ3) is 7.09. The predicted molar refractivity (Wildman–Crippen MR) is 105 cm³/mol. The fraction of sp³-hybridized carbons (Fsp3) is 0.364. The number of hydrogen-bond donors (Lipinski definition) is 2. The second kappa shape index (κ2) is 9.65. The lowest BCUT2D eigenvalue weighted by molar-refractivity contribution is -0.137. The normalized spacial score (nSPS) is 13.6. The summed E-state index contributed by atoms with van der Waals surface area (Å²) < 4.78 is 43.6. The van der Waals surface area contributed by atoms with E-state index in [0.717, 1.165) is 30.5 Å². The van der Waals surface area contributed by atoms with Crippen LogP contribution in [0.5, 0.6) is 5.75 Å². The summed E-state index contributed by atoms with van der Waals surface area (Å²) in [5, 5.41) is 5.55. The lowest BCUT2D eigenvalue weighted by Gasteiger charge is -2.10. The van der Waals surface area contributed by atoms with E-state index in [1.54, 1.807) is 12.1 Å². The summed E-state index contributed by atoms with van der Waals surface area (Å²) in [7, 11) is 0. The molecule has 0 atom stereocenters. The first-order chi connectivity index (χ1) is 14.3. The number of halogens is 3. The standard InChI is InChI=1S/C22H23F3N2O3/c23-22(24,25)17-3-1-2-16(12-17)13-20(28)26-11-10-15-4-8-19(9-5-15)30-14-21(29)27-18-6-7-18/h1-5,8-9,12,18H,6-7,10-11,13-14H2,(H,26,28)(H,27,29). The van der Waals surface area contributed by atoms with Crippen molar-refractivity contribution in [1.82, 2.24) is 10.6 Å². The van der Waals surface area contributed by atoms with E-state index in [1.165, 1.54) is 12.1 Å². The van der Waals surface area contributed by atoms with Gasteiger partial charge in [0, 0.05) is 12.6 Å². The predicted octanol–water partition coefficient (Wildman–Crippen LogP) is 3.26. The minimum absolute atomic E-state index is 0.0263. The van der Waals surface area contributed by atoms with Crippen molar-refractivity contribution in [2.45, 2.75) is 37.9 Å². The molecule has 0 radical (unpaired) electrons. The monoisotopic (exact) mass is 420 g/mol. The van der Waals surface area contributed by atoms with E-state index in [0.29, 0.717) is 30.3 Å². The van der Waals surface area contributed by atoms with Gasteiger partial charge in [0.05, 0.1) is 12.0 Å². The zero-order valence-electron chi connectivity index (χ0n) is 16.3. The van der Waals surface area contributed by atoms with Gasteiger partial charge >= 0.3 is 6.18 Å². The number of nitrogens with one attached hydrogen (secondary N) is 2. The molecule has 0 heterocycles. The molecule has 1 aliphatic rings. The Morgan fingerprint density at radius 2 is 1.73 bits per heavy atom. The molecule has 1 aliphatic carbocycles. The molecule has 5 nitrogen and oxygen atoms in total. The molecule has 160 valence electrons. The van der Waals surface area contributed by atoms with E-state index in [2.05, 4.69) is 10.6 Å². The highest BCUT2D eigenvalue weighted by Gasteiger charge is 2.30. The maximum atomic E-state index is 12.7. The van der Waals surface area contributed by atoms with Gasteiger partial charge in [-0.15, -0.1) is 0 Å². The van der Waals surface area contributed by atoms with Crippen LogP contribution in [0.1, 0.15) is 29.5 Å². The maximum Gasteiger partial charge on any atom is 0.416 e. The van der Waals surface area contributed by atoms with Crippen molar-refractivity contribution in [1.29, 1.82) is 0 Å². The molecule has 1 saturated carbocycles.